The predicted octanol–water partition coefficient (Wildman–Crippen LogP) is 0.540. The van der Waals surface area contributed by atoms with Gasteiger partial charge in [-0.25, -0.2) is 0 Å². The number of amides is 1. The zero-order valence-electron chi connectivity index (χ0n) is 18.3. The van der Waals surface area contributed by atoms with E-state index in [0.29, 0.717) is 11.1 Å². The predicted molar refractivity (Wildman–Crippen MR) is 125 cm³/mol. The molecule has 170 valence electrons. The second-order valence-corrected chi connectivity index (χ2v) is 7.55. The highest BCUT2D eigenvalue weighted by molar-refractivity contribution is 5.98. The highest BCUT2D eigenvalue weighted by atomic mass is 16.5. The molecule has 4 N–H and O–H groups in total. The number of carbonyl (C=O) groups is 2. The summed E-state index contributed by atoms with van der Waals surface area (Å²) in [6.45, 7) is 3.66. The molecule has 1 fully saturated rings. The van der Waals surface area contributed by atoms with Crippen molar-refractivity contribution in [3.05, 3.63) is 70.8 Å². The first-order chi connectivity index (χ1) is 16.1. The van der Waals surface area contributed by atoms with Gasteiger partial charge in [0.1, 0.15) is 12.6 Å². The number of aliphatic hydroxyl groups excluding tert-OH is 1. The van der Waals surface area contributed by atoms with E-state index in [4.69, 9.17) is 15.6 Å². The maximum atomic E-state index is 12.2. The fourth-order valence-corrected chi connectivity index (χ4v) is 3.25. The molecular weight excluding hydrogens is 418 g/mol. The Morgan fingerprint density at radius 2 is 1.58 bits per heavy atom. The molecule has 0 saturated carbocycles. The van der Waals surface area contributed by atoms with Crippen LogP contribution in [0.1, 0.15) is 27.0 Å². The van der Waals surface area contributed by atoms with Gasteiger partial charge in [0, 0.05) is 42.9 Å². The van der Waals surface area contributed by atoms with Crippen LogP contribution in [-0.2, 0) is 16.1 Å². The van der Waals surface area contributed by atoms with Crippen molar-refractivity contribution in [1.29, 1.82) is 0 Å². The summed E-state index contributed by atoms with van der Waals surface area (Å²) in [6.07, 6.45) is 0. The van der Waals surface area contributed by atoms with Crippen molar-refractivity contribution in [2.45, 2.75) is 12.6 Å². The van der Waals surface area contributed by atoms with E-state index >= 15 is 0 Å². The Bertz CT molecular complexity index is 1070. The number of carbonyl (C=O) groups excluding carboxylic acids is 2. The van der Waals surface area contributed by atoms with E-state index in [2.05, 4.69) is 46.0 Å². The van der Waals surface area contributed by atoms with Gasteiger partial charge in [0.05, 0.1) is 13.2 Å². The van der Waals surface area contributed by atoms with E-state index in [-0.39, 0.29) is 6.54 Å². The molecule has 1 amide bonds. The van der Waals surface area contributed by atoms with Crippen molar-refractivity contribution >= 4 is 11.7 Å². The largest absolute Gasteiger partial charge is 0.388 e. The van der Waals surface area contributed by atoms with Crippen LogP contribution in [0.2, 0.25) is 0 Å². The first kappa shape index (κ1) is 24.2. The molecule has 0 unspecified atom stereocenters. The van der Waals surface area contributed by atoms with E-state index in [1.165, 1.54) is 5.56 Å². The smallest absolute Gasteiger partial charge is 0.251 e. The Labute approximate surface area is 193 Å². The number of morpholine rings is 1. The summed E-state index contributed by atoms with van der Waals surface area (Å²) < 4.78 is 5.38. The highest BCUT2D eigenvalue weighted by Gasteiger charge is 2.18. The van der Waals surface area contributed by atoms with Gasteiger partial charge in [-0.1, -0.05) is 24.0 Å². The molecule has 33 heavy (non-hydrogen) atoms. The average molecular weight is 446 g/mol. The first-order valence-corrected chi connectivity index (χ1v) is 10.7. The number of nitrogens with two attached hydrogens (primary N) is 1. The van der Waals surface area contributed by atoms with Crippen molar-refractivity contribution in [2.75, 3.05) is 39.5 Å². The van der Waals surface area contributed by atoms with E-state index in [0.717, 1.165) is 38.4 Å². The van der Waals surface area contributed by atoms with Gasteiger partial charge in [0.15, 0.2) is 5.78 Å². The van der Waals surface area contributed by atoms with Crippen molar-refractivity contribution in [3.8, 4) is 23.7 Å². The van der Waals surface area contributed by atoms with Crippen LogP contribution < -0.4 is 11.1 Å². The number of nitrogens with zero attached hydrogens (tertiary/aromatic N) is 1. The van der Waals surface area contributed by atoms with E-state index < -0.39 is 24.3 Å². The maximum Gasteiger partial charge on any atom is 0.251 e. The normalized spacial score (nSPS) is 14.2. The summed E-state index contributed by atoms with van der Waals surface area (Å²) in [5.41, 5.74) is 8.69. The molecule has 2 aromatic rings. The minimum atomic E-state index is -0.911. The van der Waals surface area contributed by atoms with Gasteiger partial charge in [-0.15, -0.1) is 0 Å². The number of Topliss-reactive ketones (excluding diaryl/α,β-unsaturated/α-hetero) is 1. The van der Waals surface area contributed by atoms with Gasteiger partial charge in [-0.3, -0.25) is 14.5 Å². The molecule has 1 heterocycles. The van der Waals surface area contributed by atoms with Gasteiger partial charge in [0.25, 0.3) is 5.91 Å². The van der Waals surface area contributed by atoms with Crippen molar-refractivity contribution in [1.82, 2.24) is 10.2 Å². The van der Waals surface area contributed by atoms with E-state index in [1.54, 1.807) is 24.3 Å². The summed E-state index contributed by atoms with van der Waals surface area (Å²) in [7, 11) is 0. The molecule has 0 radical (unpaired) electrons. The van der Waals surface area contributed by atoms with Crippen molar-refractivity contribution in [3.63, 3.8) is 0 Å². The molecule has 0 aromatic heterocycles. The zero-order chi connectivity index (χ0) is 23.5. The first-order valence-electron chi connectivity index (χ1n) is 10.7. The quantitative estimate of drug-likeness (QED) is 0.538. The summed E-state index contributed by atoms with van der Waals surface area (Å²) in [5.74, 6) is 10.7. The van der Waals surface area contributed by atoms with Gasteiger partial charge in [-0.2, -0.15) is 0 Å². The molecule has 7 heteroatoms. The zero-order valence-corrected chi connectivity index (χ0v) is 18.3. The third-order valence-electron chi connectivity index (χ3n) is 5.17. The minimum absolute atomic E-state index is 0.0794. The van der Waals surface area contributed by atoms with Crippen molar-refractivity contribution < 1.29 is 19.4 Å². The lowest BCUT2D eigenvalue weighted by molar-refractivity contribution is -0.123. The Morgan fingerprint density at radius 1 is 1.00 bits per heavy atom. The second-order valence-electron chi connectivity index (χ2n) is 7.55. The lowest BCUT2D eigenvalue weighted by Crippen LogP contribution is -2.46. The molecular formula is C26H27N3O4. The molecule has 3 rings (SSSR count). The van der Waals surface area contributed by atoms with Gasteiger partial charge in [0.2, 0.25) is 0 Å². The summed E-state index contributed by atoms with van der Waals surface area (Å²) in [5, 5.41) is 11.4. The third kappa shape index (κ3) is 7.57. The molecule has 0 spiro atoms. The number of ketones is 1. The van der Waals surface area contributed by atoms with Crippen LogP contribution in [0.4, 0.5) is 0 Å². The summed E-state index contributed by atoms with van der Waals surface area (Å²) in [6, 6.07) is 13.9. The SMILES string of the molecule is NC[C@H](NC(=O)c1ccc(C#CC#Cc2ccc(CN3CCOCC3)cc2)cc1)C(=O)CO. The lowest BCUT2D eigenvalue weighted by Gasteiger charge is -2.26. The third-order valence-corrected chi connectivity index (χ3v) is 5.17. The van der Waals surface area contributed by atoms with Crippen LogP contribution in [0.3, 0.4) is 0 Å². The number of hydrogen-bond acceptors (Lipinski definition) is 6. The molecule has 0 bridgehead atoms. The Hall–Kier alpha value is -3.46. The molecule has 0 aliphatic carbocycles. The fraction of sp³-hybridized carbons (Fsp3) is 0.308. The summed E-state index contributed by atoms with van der Waals surface area (Å²) in [4.78, 5) is 26.1. The molecule has 7 nitrogen and oxygen atoms in total. The monoisotopic (exact) mass is 445 g/mol. The standard InChI is InChI=1S/C26H27N3O4/c27-17-24(25(31)19-30)28-26(32)23-11-9-21(10-12-23)4-2-1-3-20-5-7-22(8-6-20)18-29-13-15-33-16-14-29/h5-12,24,30H,13-19,27H2,(H,28,32)/t24-/m0/s1. The topological polar surface area (TPSA) is 105 Å². The van der Waals surface area contributed by atoms with Crippen LogP contribution in [0, 0.1) is 23.7 Å². The number of nitrogens with one attached hydrogen (secondary N) is 1. The van der Waals surface area contributed by atoms with Crippen LogP contribution in [0.15, 0.2) is 48.5 Å². The van der Waals surface area contributed by atoms with E-state index in [9.17, 15) is 9.59 Å². The summed E-state index contributed by atoms with van der Waals surface area (Å²) >= 11 is 0. The molecule has 2 aromatic carbocycles. The molecule has 1 atom stereocenters. The number of rotatable bonds is 7. The van der Waals surface area contributed by atoms with Gasteiger partial charge < -0.3 is 20.9 Å². The number of aliphatic hydroxyl groups is 1. The Kier molecular flexibility index (Phi) is 9.19. The second kappa shape index (κ2) is 12.5. The maximum absolute atomic E-state index is 12.2. The molecule has 1 aliphatic heterocycles. The number of hydrogen-bond donors (Lipinski definition) is 3. The lowest BCUT2D eigenvalue weighted by atomic mass is 10.1. The van der Waals surface area contributed by atoms with Gasteiger partial charge in [-0.05, 0) is 53.8 Å². The number of ether oxygens (including phenoxy) is 1. The number of benzene rings is 2. The van der Waals surface area contributed by atoms with Crippen LogP contribution in [0.5, 0.6) is 0 Å². The van der Waals surface area contributed by atoms with Crippen LogP contribution in [-0.4, -0.2) is 67.2 Å². The van der Waals surface area contributed by atoms with E-state index in [1.807, 2.05) is 12.1 Å². The van der Waals surface area contributed by atoms with Gasteiger partial charge >= 0.3 is 0 Å². The Balaban J connectivity index is 1.53. The van der Waals surface area contributed by atoms with Crippen LogP contribution >= 0.6 is 0 Å². The van der Waals surface area contributed by atoms with Crippen LogP contribution in [0.25, 0.3) is 0 Å². The Morgan fingerprint density at radius 3 is 2.12 bits per heavy atom. The highest BCUT2D eigenvalue weighted by Crippen LogP contribution is 2.09. The van der Waals surface area contributed by atoms with Crippen molar-refractivity contribution in [2.24, 2.45) is 5.73 Å². The molecule has 1 saturated heterocycles. The average Bonchev–Trinajstić information content (AvgIpc) is 2.86. The molecule has 1 aliphatic rings. The minimum Gasteiger partial charge on any atom is -0.388 e. The fourth-order valence-electron chi connectivity index (χ4n) is 3.25.